The van der Waals surface area contributed by atoms with E-state index in [1.807, 2.05) is 35.2 Å². The molecular formula is C20H20ClFN4O. The van der Waals surface area contributed by atoms with Crippen LogP contribution in [0.2, 0.25) is 5.28 Å². The molecule has 1 aromatic heterocycles. The number of carbonyl (C=O) groups is 1. The van der Waals surface area contributed by atoms with Crippen LogP contribution in [-0.4, -0.2) is 35.5 Å². The summed E-state index contributed by atoms with van der Waals surface area (Å²) in [4.78, 5) is 21.5. The van der Waals surface area contributed by atoms with E-state index in [0.717, 1.165) is 31.3 Å². The molecule has 2 heterocycles. The number of benzene rings is 1. The van der Waals surface area contributed by atoms with Crippen molar-refractivity contribution in [3.8, 4) is 0 Å². The fourth-order valence-corrected chi connectivity index (χ4v) is 4.10. The molecule has 0 unspecified atom stereocenters. The minimum atomic E-state index is -0.435. The Bertz CT molecular complexity index is 848. The molecule has 2 aliphatic rings. The molecule has 0 spiro atoms. The highest BCUT2D eigenvalue weighted by Gasteiger charge is 2.55. The molecule has 0 radical (unpaired) electrons. The van der Waals surface area contributed by atoms with Gasteiger partial charge in [-0.2, -0.15) is 4.98 Å². The molecule has 7 heteroatoms. The second kappa shape index (κ2) is 7.64. The normalized spacial score (nSPS) is 23.5. The van der Waals surface area contributed by atoms with Crippen LogP contribution in [0.25, 0.3) is 6.08 Å². The van der Waals surface area contributed by atoms with Gasteiger partial charge in [0.2, 0.25) is 11.2 Å². The fraction of sp³-hybridized carbons (Fsp3) is 0.350. The number of nitrogens with zero attached hydrogens (tertiary/aromatic N) is 3. The maximum Gasteiger partial charge on any atom is 0.243 e. The summed E-state index contributed by atoms with van der Waals surface area (Å²) in [5.41, 5.74) is 1.00. The van der Waals surface area contributed by atoms with Gasteiger partial charge in [0.1, 0.15) is 0 Å². The Labute approximate surface area is 162 Å². The smallest absolute Gasteiger partial charge is 0.243 e. The molecule has 140 valence electrons. The molecular weight excluding hydrogens is 367 g/mol. The Balaban J connectivity index is 1.20. The molecule has 2 fully saturated rings. The highest BCUT2D eigenvalue weighted by molar-refractivity contribution is 6.28. The van der Waals surface area contributed by atoms with Gasteiger partial charge in [-0.1, -0.05) is 30.3 Å². The molecule has 1 saturated heterocycles. The van der Waals surface area contributed by atoms with Crippen LogP contribution in [-0.2, 0) is 4.79 Å². The van der Waals surface area contributed by atoms with Crippen molar-refractivity contribution in [2.24, 2.45) is 17.8 Å². The lowest BCUT2D eigenvalue weighted by molar-refractivity contribution is -0.116. The van der Waals surface area contributed by atoms with E-state index in [1.165, 1.54) is 0 Å². The lowest BCUT2D eigenvalue weighted by Gasteiger charge is -2.21. The third-order valence-corrected chi connectivity index (χ3v) is 5.55. The zero-order valence-electron chi connectivity index (χ0n) is 14.7. The Hall–Kier alpha value is -2.47. The van der Waals surface area contributed by atoms with Gasteiger partial charge in [-0.05, 0) is 47.4 Å². The van der Waals surface area contributed by atoms with E-state index in [4.69, 9.17) is 11.6 Å². The first-order valence-electron chi connectivity index (χ1n) is 9.06. The first-order valence-corrected chi connectivity index (χ1v) is 9.43. The molecule has 1 aromatic carbocycles. The van der Waals surface area contributed by atoms with Crippen molar-refractivity contribution in [1.82, 2.24) is 15.3 Å². The number of halogens is 2. The molecule has 1 N–H and O–H groups in total. The number of carbonyl (C=O) groups excluding carboxylic acids is 1. The quantitative estimate of drug-likeness (QED) is 0.612. The third kappa shape index (κ3) is 4.11. The topological polar surface area (TPSA) is 58.1 Å². The van der Waals surface area contributed by atoms with Gasteiger partial charge in [-0.3, -0.25) is 4.79 Å². The Morgan fingerprint density at radius 2 is 2.04 bits per heavy atom. The van der Waals surface area contributed by atoms with E-state index in [0.29, 0.717) is 30.1 Å². The van der Waals surface area contributed by atoms with Crippen LogP contribution in [0, 0.1) is 23.6 Å². The average Bonchev–Trinajstić information content (AvgIpc) is 3.12. The van der Waals surface area contributed by atoms with Gasteiger partial charge in [0.25, 0.3) is 0 Å². The first kappa shape index (κ1) is 17.9. The van der Waals surface area contributed by atoms with Crippen LogP contribution < -0.4 is 10.2 Å². The molecule has 1 aliphatic carbocycles. The number of fused-ring (bicyclic) bond motifs is 1. The van der Waals surface area contributed by atoms with Crippen LogP contribution in [0.4, 0.5) is 10.2 Å². The molecule has 1 amide bonds. The summed E-state index contributed by atoms with van der Waals surface area (Å²) in [7, 11) is 0. The van der Waals surface area contributed by atoms with Crippen molar-refractivity contribution in [3.05, 3.63) is 59.3 Å². The monoisotopic (exact) mass is 386 g/mol. The summed E-state index contributed by atoms with van der Waals surface area (Å²) in [6.45, 7) is 2.21. The van der Waals surface area contributed by atoms with Gasteiger partial charge >= 0.3 is 0 Å². The van der Waals surface area contributed by atoms with Crippen molar-refractivity contribution in [2.45, 2.75) is 6.42 Å². The van der Waals surface area contributed by atoms with Crippen molar-refractivity contribution >= 4 is 29.4 Å². The molecule has 5 nitrogen and oxygen atoms in total. The van der Waals surface area contributed by atoms with Gasteiger partial charge in [-0.15, -0.1) is 0 Å². The van der Waals surface area contributed by atoms with Crippen molar-refractivity contribution in [1.29, 1.82) is 0 Å². The molecule has 27 heavy (non-hydrogen) atoms. The van der Waals surface area contributed by atoms with Crippen LogP contribution >= 0.6 is 11.6 Å². The number of aromatic nitrogens is 2. The third-order valence-electron chi connectivity index (χ3n) is 5.37. The van der Waals surface area contributed by atoms with Crippen molar-refractivity contribution in [3.63, 3.8) is 0 Å². The van der Waals surface area contributed by atoms with Gasteiger partial charge in [-0.25, -0.2) is 9.37 Å². The van der Waals surface area contributed by atoms with E-state index in [9.17, 15) is 9.18 Å². The number of hydrogen-bond donors (Lipinski definition) is 1. The molecule has 4 rings (SSSR count). The largest absolute Gasteiger partial charge is 0.353 e. The predicted molar refractivity (Wildman–Crippen MR) is 103 cm³/mol. The van der Waals surface area contributed by atoms with Crippen molar-refractivity contribution < 1.29 is 9.18 Å². The molecule has 3 atom stereocenters. The van der Waals surface area contributed by atoms with E-state index in [-0.39, 0.29) is 11.2 Å². The zero-order valence-corrected chi connectivity index (χ0v) is 15.4. The SMILES string of the molecule is O=C(/C=C/c1ccccc1)NCC[C@@H]1[C@H]2CN(c3nc(Cl)ncc3F)C[C@@H]12. The zero-order chi connectivity index (χ0) is 18.8. The average molecular weight is 387 g/mol. The minimum Gasteiger partial charge on any atom is -0.353 e. The number of amides is 1. The van der Waals surface area contributed by atoms with Crippen LogP contribution in [0.15, 0.2) is 42.6 Å². The van der Waals surface area contributed by atoms with Crippen LogP contribution in [0.1, 0.15) is 12.0 Å². The predicted octanol–water partition coefficient (Wildman–Crippen LogP) is 3.17. The minimum absolute atomic E-state index is 0.0646. The molecule has 1 aliphatic heterocycles. The molecule has 2 aromatic rings. The maximum absolute atomic E-state index is 13.9. The highest BCUT2D eigenvalue weighted by atomic mass is 35.5. The van der Waals surface area contributed by atoms with Gasteiger partial charge in [0.15, 0.2) is 11.6 Å². The summed E-state index contributed by atoms with van der Waals surface area (Å²) in [6, 6.07) is 9.73. The number of hydrogen-bond acceptors (Lipinski definition) is 4. The Kier molecular flexibility index (Phi) is 5.07. The number of piperidine rings is 1. The molecule has 1 saturated carbocycles. The summed E-state index contributed by atoms with van der Waals surface area (Å²) < 4.78 is 13.9. The van der Waals surface area contributed by atoms with E-state index >= 15 is 0 Å². The van der Waals surface area contributed by atoms with E-state index in [1.54, 1.807) is 12.2 Å². The van der Waals surface area contributed by atoms with Gasteiger partial charge < -0.3 is 10.2 Å². The second-order valence-corrected chi connectivity index (χ2v) is 7.37. The Morgan fingerprint density at radius 1 is 1.30 bits per heavy atom. The number of anilines is 1. The number of rotatable bonds is 6. The lowest BCUT2D eigenvalue weighted by Crippen LogP contribution is -2.28. The lowest BCUT2D eigenvalue weighted by atomic mass is 10.2. The second-order valence-electron chi connectivity index (χ2n) is 7.03. The van der Waals surface area contributed by atoms with E-state index in [2.05, 4.69) is 15.3 Å². The summed E-state index contributed by atoms with van der Waals surface area (Å²) in [6.07, 6.45) is 5.43. The fourth-order valence-electron chi connectivity index (χ4n) is 3.97. The van der Waals surface area contributed by atoms with Crippen molar-refractivity contribution in [2.75, 3.05) is 24.5 Å². The van der Waals surface area contributed by atoms with Crippen LogP contribution in [0.5, 0.6) is 0 Å². The van der Waals surface area contributed by atoms with Gasteiger partial charge in [0.05, 0.1) is 6.20 Å². The highest BCUT2D eigenvalue weighted by Crippen LogP contribution is 2.54. The van der Waals surface area contributed by atoms with Crippen LogP contribution in [0.3, 0.4) is 0 Å². The van der Waals surface area contributed by atoms with Gasteiger partial charge in [0, 0.05) is 25.7 Å². The summed E-state index contributed by atoms with van der Waals surface area (Å²) >= 11 is 5.77. The van der Waals surface area contributed by atoms with E-state index < -0.39 is 5.82 Å². The standard InChI is InChI=1S/C20H20ClFN4O/c21-20-24-10-17(22)19(25-20)26-11-15-14(16(15)12-26)8-9-23-18(27)7-6-13-4-2-1-3-5-13/h1-7,10,14-16H,8-9,11-12H2,(H,23,27)/b7-6+/t14-,15-,16+. The summed E-state index contributed by atoms with van der Waals surface area (Å²) in [5, 5.41) is 3.00. The number of nitrogens with one attached hydrogen (secondary N) is 1. The first-order chi connectivity index (χ1) is 13.1. The Morgan fingerprint density at radius 3 is 2.78 bits per heavy atom. The summed E-state index contributed by atoms with van der Waals surface area (Å²) in [5.74, 6) is 1.43. The molecule has 0 bridgehead atoms. The maximum atomic E-state index is 13.9.